The van der Waals surface area contributed by atoms with Crippen LogP contribution in [0.4, 0.5) is 0 Å². The van der Waals surface area contributed by atoms with Gasteiger partial charge in [0, 0.05) is 0 Å². The highest BCUT2D eigenvalue weighted by Crippen LogP contribution is 2.34. The normalized spacial score (nSPS) is 18.1. The maximum absolute atomic E-state index is 12.9. The zero-order chi connectivity index (χ0) is 16.3. The molecule has 6 heteroatoms. The predicted octanol–water partition coefficient (Wildman–Crippen LogP) is 1.36. The lowest BCUT2D eigenvalue weighted by Gasteiger charge is -2.43. The van der Waals surface area contributed by atoms with E-state index in [0.717, 1.165) is 0 Å². The Morgan fingerprint density at radius 1 is 1.33 bits per heavy atom. The molecule has 0 atom stereocenters. The maximum Gasteiger partial charge on any atom is 0.252 e. The van der Waals surface area contributed by atoms with Crippen LogP contribution in [-0.4, -0.2) is 34.7 Å². The van der Waals surface area contributed by atoms with Crippen molar-refractivity contribution in [1.82, 2.24) is 10.2 Å². The molecular weight excluding hydrogens is 270 g/mol. The molecule has 1 fully saturated rings. The van der Waals surface area contributed by atoms with Gasteiger partial charge in [0.25, 0.3) is 5.91 Å². The summed E-state index contributed by atoms with van der Waals surface area (Å²) in [5, 5.41) is 11.8. The van der Waals surface area contributed by atoms with Crippen LogP contribution in [0.5, 0.6) is 0 Å². The van der Waals surface area contributed by atoms with Crippen LogP contribution in [0.1, 0.15) is 53.4 Å². The van der Waals surface area contributed by atoms with Crippen molar-refractivity contribution in [2.75, 3.05) is 6.54 Å². The lowest BCUT2D eigenvalue weighted by Crippen LogP contribution is -2.67. The van der Waals surface area contributed by atoms with Crippen LogP contribution in [0.3, 0.4) is 0 Å². The second-order valence-electron chi connectivity index (χ2n) is 6.02. The molecule has 1 N–H and O–H groups in total. The van der Waals surface area contributed by atoms with Crippen molar-refractivity contribution in [2.24, 2.45) is 5.41 Å². The first-order valence-electron chi connectivity index (χ1n) is 7.32. The molecule has 0 aromatic heterocycles. The summed E-state index contributed by atoms with van der Waals surface area (Å²) < 4.78 is 0. The summed E-state index contributed by atoms with van der Waals surface area (Å²) in [6.07, 6.45) is 2.23. The van der Waals surface area contributed by atoms with E-state index in [4.69, 9.17) is 0 Å². The summed E-state index contributed by atoms with van der Waals surface area (Å²) in [5.74, 6) is -1.43. The lowest BCUT2D eigenvalue weighted by molar-refractivity contribution is -0.160. The van der Waals surface area contributed by atoms with E-state index in [1.165, 1.54) is 4.90 Å². The number of nitriles is 1. The molecule has 0 unspecified atom stereocenters. The first-order valence-corrected chi connectivity index (χ1v) is 7.32. The van der Waals surface area contributed by atoms with Gasteiger partial charge in [0.1, 0.15) is 17.5 Å². The molecule has 0 aromatic carbocycles. The predicted molar refractivity (Wildman–Crippen MR) is 76.8 cm³/mol. The Kier molecular flexibility index (Phi) is 5.10. The fourth-order valence-electron chi connectivity index (χ4n) is 2.72. The van der Waals surface area contributed by atoms with Crippen LogP contribution in [0, 0.1) is 16.7 Å². The molecule has 0 bridgehead atoms. The second-order valence-corrected chi connectivity index (χ2v) is 6.02. The summed E-state index contributed by atoms with van der Waals surface area (Å²) >= 11 is 0. The van der Waals surface area contributed by atoms with Gasteiger partial charge < -0.3 is 4.90 Å². The number of hydrogen-bond donors (Lipinski definition) is 1. The topological polar surface area (TPSA) is 90.3 Å². The van der Waals surface area contributed by atoms with Gasteiger partial charge in [-0.15, -0.1) is 0 Å². The second kappa shape index (κ2) is 6.25. The fourth-order valence-corrected chi connectivity index (χ4v) is 2.72. The first kappa shape index (κ1) is 17.2. The van der Waals surface area contributed by atoms with E-state index in [1.54, 1.807) is 13.8 Å². The number of amides is 3. The van der Waals surface area contributed by atoms with E-state index < -0.39 is 28.7 Å². The van der Waals surface area contributed by atoms with Crippen molar-refractivity contribution >= 4 is 17.7 Å². The molecule has 1 rings (SSSR count). The van der Waals surface area contributed by atoms with Crippen molar-refractivity contribution in [3.8, 4) is 6.07 Å². The number of carbonyl (C=O) groups excluding carboxylic acids is 3. The van der Waals surface area contributed by atoms with Crippen molar-refractivity contribution in [2.45, 2.75) is 58.9 Å². The monoisotopic (exact) mass is 293 g/mol. The Hall–Kier alpha value is -1.90. The number of rotatable bonds is 5. The minimum atomic E-state index is -1.15. The summed E-state index contributed by atoms with van der Waals surface area (Å²) in [6, 6.07) is 2.15. The van der Waals surface area contributed by atoms with Gasteiger partial charge in [-0.05, 0) is 26.7 Å². The zero-order valence-corrected chi connectivity index (χ0v) is 13.2. The third-order valence-electron chi connectivity index (χ3n) is 4.01. The number of piperazine rings is 1. The molecule has 1 heterocycles. The van der Waals surface area contributed by atoms with Crippen LogP contribution in [-0.2, 0) is 14.4 Å². The highest BCUT2D eigenvalue weighted by Gasteiger charge is 2.50. The minimum absolute atomic E-state index is 0.186. The molecule has 3 amide bonds. The van der Waals surface area contributed by atoms with Crippen molar-refractivity contribution < 1.29 is 14.4 Å². The van der Waals surface area contributed by atoms with Crippen molar-refractivity contribution in [3.63, 3.8) is 0 Å². The standard InChI is InChI=1S/C15H23N3O3/c1-5-7-15(10-16,8-6-2)13(21)18-9-11(19)17-12(20)14(18,3)4/h5-9H2,1-4H3,(H,17,19,20). The van der Waals surface area contributed by atoms with Gasteiger partial charge in [-0.25, -0.2) is 0 Å². The lowest BCUT2D eigenvalue weighted by atomic mass is 9.78. The van der Waals surface area contributed by atoms with Crippen LogP contribution >= 0.6 is 0 Å². The molecule has 0 radical (unpaired) electrons. The van der Waals surface area contributed by atoms with Gasteiger partial charge >= 0.3 is 0 Å². The number of carbonyl (C=O) groups is 3. The quantitative estimate of drug-likeness (QED) is 0.775. The molecule has 6 nitrogen and oxygen atoms in total. The summed E-state index contributed by atoms with van der Waals surface area (Å²) in [4.78, 5) is 37.7. The highest BCUT2D eigenvalue weighted by molar-refractivity contribution is 6.07. The maximum atomic E-state index is 12.9. The van der Waals surface area contributed by atoms with Crippen LogP contribution < -0.4 is 5.32 Å². The first-order chi connectivity index (χ1) is 9.75. The Labute approximate surface area is 125 Å². The molecule has 0 spiro atoms. The fraction of sp³-hybridized carbons (Fsp3) is 0.733. The number of nitrogens with one attached hydrogen (secondary N) is 1. The molecular formula is C15H23N3O3. The van der Waals surface area contributed by atoms with E-state index in [0.29, 0.717) is 25.7 Å². The van der Waals surface area contributed by atoms with Crippen LogP contribution in [0.15, 0.2) is 0 Å². The van der Waals surface area contributed by atoms with Crippen LogP contribution in [0.2, 0.25) is 0 Å². The van der Waals surface area contributed by atoms with E-state index in [9.17, 15) is 19.6 Å². The Balaban J connectivity index is 3.21. The summed E-state index contributed by atoms with van der Waals surface area (Å²) in [5.41, 5.74) is -2.28. The third kappa shape index (κ3) is 3.07. The minimum Gasteiger partial charge on any atom is -0.318 e. The van der Waals surface area contributed by atoms with Gasteiger partial charge in [0.05, 0.1) is 6.07 Å². The van der Waals surface area contributed by atoms with E-state index in [1.807, 2.05) is 13.8 Å². The number of nitrogens with zero attached hydrogens (tertiary/aromatic N) is 2. The largest absolute Gasteiger partial charge is 0.318 e. The molecule has 116 valence electrons. The zero-order valence-electron chi connectivity index (χ0n) is 13.2. The molecule has 1 aliphatic rings. The van der Waals surface area contributed by atoms with Crippen molar-refractivity contribution in [3.05, 3.63) is 0 Å². The van der Waals surface area contributed by atoms with E-state index >= 15 is 0 Å². The molecule has 21 heavy (non-hydrogen) atoms. The third-order valence-corrected chi connectivity index (χ3v) is 4.01. The van der Waals surface area contributed by atoms with Crippen molar-refractivity contribution in [1.29, 1.82) is 5.26 Å². The van der Waals surface area contributed by atoms with E-state index in [-0.39, 0.29) is 6.54 Å². The number of hydrogen-bond acceptors (Lipinski definition) is 4. The average Bonchev–Trinajstić information content (AvgIpc) is 2.42. The van der Waals surface area contributed by atoms with Gasteiger partial charge in [0.2, 0.25) is 11.8 Å². The van der Waals surface area contributed by atoms with Crippen LogP contribution in [0.25, 0.3) is 0 Å². The average molecular weight is 293 g/mol. The SMILES string of the molecule is CCCC(C#N)(CCC)C(=O)N1CC(=O)NC(=O)C1(C)C. The van der Waals surface area contributed by atoms with Gasteiger partial charge in [-0.1, -0.05) is 26.7 Å². The number of imide groups is 1. The molecule has 0 aliphatic carbocycles. The Morgan fingerprint density at radius 3 is 2.29 bits per heavy atom. The Bertz CT molecular complexity index is 485. The highest BCUT2D eigenvalue weighted by atomic mass is 16.2. The molecule has 1 aliphatic heterocycles. The summed E-state index contributed by atoms with van der Waals surface area (Å²) in [7, 11) is 0. The van der Waals surface area contributed by atoms with Gasteiger partial charge in [-0.3, -0.25) is 19.7 Å². The Morgan fingerprint density at radius 2 is 1.86 bits per heavy atom. The molecule has 0 saturated carbocycles. The van der Waals surface area contributed by atoms with Gasteiger partial charge in [0.15, 0.2) is 0 Å². The summed E-state index contributed by atoms with van der Waals surface area (Å²) in [6.45, 7) is 6.82. The molecule has 0 aromatic rings. The smallest absolute Gasteiger partial charge is 0.252 e. The van der Waals surface area contributed by atoms with Gasteiger partial charge in [-0.2, -0.15) is 5.26 Å². The van der Waals surface area contributed by atoms with E-state index in [2.05, 4.69) is 11.4 Å². The molecule has 1 saturated heterocycles.